The van der Waals surface area contributed by atoms with Gasteiger partial charge in [0.15, 0.2) is 5.96 Å². The van der Waals surface area contributed by atoms with Gasteiger partial charge >= 0.3 is 0 Å². The fourth-order valence-electron chi connectivity index (χ4n) is 2.51. The minimum Gasteiger partial charge on any atom is -0.497 e. The third-order valence-electron chi connectivity index (χ3n) is 3.96. The monoisotopic (exact) mass is 396 g/mol. The van der Waals surface area contributed by atoms with Gasteiger partial charge in [-0.2, -0.15) is 0 Å². The fourth-order valence-corrected chi connectivity index (χ4v) is 3.33. The van der Waals surface area contributed by atoms with Gasteiger partial charge in [0.25, 0.3) is 0 Å². The Labute approximate surface area is 169 Å². The van der Waals surface area contributed by atoms with Crippen LogP contribution in [0.1, 0.15) is 5.69 Å². The Bertz CT molecular complexity index is 879. The lowest BCUT2D eigenvalue weighted by atomic mass is 10.2. The van der Waals surface area contributed by atoms with Gasteiger partial charge in [-0.25, -0.2) is 4.98 Å². The number of ether oxygens (including phenoxy) is 2. The van der Waals surface area contributed by atoms with E-state index in [2.05, 4.69) is 38.1 Å². The van der Waals surface area contributed by atoms with Crippen molar-refractivity contribution in [2.45, 2.75) is 6.54 Å². The lowest BCUT2D eigenvalue weighted by Gasteiger charge is -2.12. The first-order chi connectivity index (χ1) is 13.8. The van der Waals surface area contributed by atoms with E-state index in [9.17, 15) is 0 Å². The predicted molar refractivity (Wildman–Crippen MR) is 114 cm³/mol. The van der Waals surface area contributed by atoms with Crippen LogP contribution in [0.25, 0.3) is 10.6 Å². The number of hydrogen-bond donors (Lipinski definition) is 2. The predicted octanol–water partition coefficient (Wildman–Crippen LogP) is 3.56. The highest BCUT2D eigenvalue weighted by Gasteiger charge is 2.05. The number of benzene rings is 2. The van der Waals surface area contributed by atoms with Crippen LogP contribution in [0.4, 0.5) is 0 Å². The molecule has 0 aliphatic heterocycles. The van der Waals surface area contributed by atoms with Gasteiger partial charge in [-0.1, -0.05) is 30.3 Å². The fraction of sp³-hybridized carbons (Fsp3) is 0.238. The molecule has 2 N–H and O–H groups in total. The minimum absolute atomic E-state index is 0.530. The summed E-state index contributed by atoms with van der Waals surface area (Å²) in [6, 6.07) is 17.7. The summed E-state index contributed by atoms with van der Waals surface area (Å²) in [6.45, 7) is 1.78. The molecule has 0 saturated carbocycles. The molecule has 3 aromatic rings. The lowest BCUT2D eigenvalue weighted by Crippen LogP contribution is -2.38. The Morgan fingerprint density at radius 2 is 1.79 bits per heavy atom. The van der Waals surface area contributed by atoms with E-state index in [-0.39, 0.29) is 0 Å². The normalized spacial score (nSPS) is 11.1. The van der Waals surface area contributed by atoms with Gasteiger partial charge in [-0.15, -0.1) is 11.3 Å². The first kappa shape index (κ1) is 19.7. The molecule has 0 unspecified atom stereocenters. The molecule has 0 amide bonds. The molecular weight excluding hydrogens is 372 g/mol. The van der Waals surface area contributed by atoms with Crippen LogP contribution in [0.3, 0.4) is 0 Å². The third-order valence-corrected chi connectivity index (χ3v) is 4.90. The summed E-state index contributed by atoms with van der Waals surface area (Å²) < 4.78 is 10.8. The lowest BCUT2D eigenvalue weighted by molar-refractivity contribution is 0.321. The number of methoxy groups -OCH3 is 1. The van der Waals surface area contributed by atoms with E-state index in [1.54, 1.807) is 25.5 Å². The molecule has 0 bridgehead atoms. The summed E-state index contributed by atoms with van der Waals surface area (Å²) in [5.74, 6) is 2.33. The second-order valence-electron chi connectivity index (χ2n) is 5.89. The zero-order valence-corrected chi connectivity index (χ0v) is 16.8. The number of hydrogen-bond acceptors (Lipinski definition) is 5. The molecule has 0 radical (unpaired) electrons. The zero-order chi connectivity index (χ0) is 19.6. The molecule has 0 saturated heterocycles. The quantitative estimate of drug-likeness (QED) is 0.346. The highest BCUT2D eigenvalue weighted by molar-refractivity contribution is 7.13. The summed E-state index contributed by atoms with van der Waals surface area (Å²) in [5, 5.41) is 9.60. The number of guanidine groups is 1. The van der Waals surface area contributed by atoms with Crippen molar-refractivity contribution in [2.75, 3.05) is 27.3 Å². The van der Waals surface area contributed by atoms with Crippen molar-refractivity contribution in [3.05, 3.63) is 65.7 Å². The largest absolute Gasteiger partial charge is 0.497 e. The molecule has 2 aromatic carbocycles. The molecule has 1 aromatic heterocycles. The van der Waals surface area contributed by atoms with Gasteiger partial charge in [0.1, 0.15) is 23.1 Å². The van der Waals surface area contributed by atoms with Crippen molar-refractivity contribution in [3.63, 3.8) is 0 Å². The van der Waals surface area contributed by atoms with Gasteiger partial charge in [-0.3, -0.25) is 4.99 Å². The molecule has 6 nitrogen and oxygen atoms in total. The topological polar surface area (TPSA) is 67.8 Å². The minimum atomic E-state index is 0.530. The second-order valence-corrected chi connectivity index (χ2v) is 6.74. The molecule has 0 fully saturated rings. The van der Waals surface area contributed by atoms with Crippen molar-refractivity contribution in [1.29, 1.82) is 0 Å². The molecule has 7 heteroatoms. The SMILES string of the molecule is CN=C(NCCOc1ccc(OC)cc1)NCc1csc(-c2ccccc2)n1. The van der Waals surface area contributed by atoms with Crippen molar-refractivity contribution >= 4 is 17.3 Å². The number of nitrogens with zero attached hydrogens (tertiary/aromatic N) is 2. The van der Waals surface area contributed by atoms with Crippen LogP contribution >= 0.6 is 11.3 Å². The highest BCUT2D eigenvalue weighted by atomic mass is 32.1. The van der Waals surface area contributed by atoms with Crippen LogP contribution in [0.5, 0.6) is 11.5 Å². The third kappa shape index (κ3) is 5.72. The van der Waals surface area contributed by atoms with Crippen LogP contribution in [0.2, 0.25) is 0 Å². The van der Waals surface area contributed by atoms with E-state index in [0.29, 0.717) is 25.7 Å². The van der Waals surface area contributed by atoms with E-state index in [1.165, 1.54) is 0 Å². The molecule has 28 heavy (non-hydrogen) atoms. The molecule has 1 heterocycles. The zero-order valence-electron chi connectivity index (χ0n) is 16.0. The number of aromatic nitrogens is 1. The first-order valence-electron chi connectivity index (χ1n) is 8.99. The van der Waals surface area contributed by atoms with E-state index in [1.807, 2.05) is 42.5 Å². The molecule has 3 rings (SSSR count). The number of nitrogens with one attached hydrogen (secondary N) is 2. The highest BCUT2D eigenvalue weighted by Crippen LogP contribution is 2.23. The summed E-state index contributed by atoms with van der Waals surface area (Å²) in [7, 11) is 3.39. The smallest absolute Gasteiger partial charge is 0.191 e. The number of aliphatic imine (C=N–C) groups is 1. The number of thiazole rings is 1. The van der Waals surface area contributed by atoms with Crippen molar-refractivity contribution in [2.24, 2.45) is 4.99 Å². The maximum atomic E-state index is 5.70. The Morgan fingerprint density at radius 3 is 2.50 bits per heavy atom. The van der Waals surface area contributed by atoms with Crippen LogP contribution < -0.4 is 20.1 Å². The Balaban J connectivity index is 1.40. The van der Waals surface area contributed by atoms with Gasteiger partial charge in [-0.05, 0) is 24.3 Å². The van der Waals surface area contributed by atoms with Crippen LogP contribution in [-0.2, 0) is 6.54 Å². The standard InChI is InChI=1S/C21H24N4O2S/c1-22-21(23-12-13-27-19-10-8-18(26-2)9-11-19)24-14-17-15-28-20(25-17)16-6-4-3-5-7-16/h3-11,15H,12-14H2,1-2H3,(H2,22,23,24). The molecule has 0 aliphatic rings. The molecule has 0 aliphatic carbocycles. The van der Waals surface area contributed by atoms with E-state index >= 15 is 0 Å². The summed E-state index contributed by atoms with van der Waals surface area (Å²) in [4.78, 5) is 8.91. The van der Waals surface area contributed by atoms with Crippen LogP contribution in [0, 0.1) is 0 Å². The van der Waals surface area contributed by atoms with Gasteiger partial charge in [0, 0.05) is 18.0 Å². The van der Waals surface area contributed by atoms with E-state index in [4.69, 9.17) is 9.47 Å². The average molecular weight is 397 g/mol. The van der Waals surface area contributed by atoms with Crippen molar-refractivity contribution in [1.82, 2.24) is 15.6 Å². The van der Waals surface area contributed by atoms with Crippen LogP contribution in [-0.4, -0.2) is 38.3 Å². The van der Waals surface area contributed by atoms with Gasteiger partial charge < -0.3 is 20.1 Å². The van der Waals surface area contributed by atoms with E-state index in [0.717, 1.165) is 27.8 Å². The Morgan fingerprint density at radius 1 is 1.04 bits per heavy atom. The summed E-state index contributed by atoms with van der Waals surface area (Å²) in [5.41, 5.74) is 2.12. The Hall–Kier alpha value is -3.06. The average Bonchev–Trinajstić information content (AvgIpc) is 3.23. The van der Waals surface area contributed by atoms with E-state index < -0.39 is 0 Å². The van der Waals surface area contributed by atoms with Gasteiger partial charge in [0.05, 0.1) is 25.9 Å². The van der Waals surface area contributed by atoms with Crippen LogP contribution in [0.15, 0.2) is 65.0 Å². The second kappa shape index (κ2) is 10.3. The maximum Gasteiger partial charge on any atom is 0.191 e. The summed E-state index contributed by atoms with van der Waals surface area (Å²) >= 11 is 1.64. The molecule has 146 valence electrons. The maximum absolute atomic E-state index is 5.70. The first-order valence-corrected chi connectivity index (χ1v) is 9.87. The molecule has 0 atom stereocenters. The van der Waals surface area contributed by atoms with Gasteiger partial charge in [0.2, 0.25) is 0 Å². The molecule has 0 spiro atoms. The number of rotatable bonds is 8. The summed E-state index contributed by atoms with van der Waals surface area (Å²) in [6.07, 6.45) is 0. The van der Waals surface area contributed by atoms with Crippen molar-refractivity contribution < 1.29 is 9.47 Å². The Kier molecular flexibility index (Phi) is 7.26. The molecular formula is C21H24N4O2S. The van der Waals surface area contributed by atoms with Crippen molar-refractivity contribution in [3.8, 4) is 22.1 Å².